The molecule has 0 amide bonds. The molecule has 78 valence electrons. The van der Waals surface area contributed by atoms with Crippen molar-refractivity contribution in [2.75, 3.05) is 11.5 Å². The molecule has 0 fully saturated rings. The molecule has 5 heteroatoms. The number of nitrogens with two attached hydrogens (primary N) is 2. The van der Waals surface area contributed by atoms with Crippen LogP contribution in [-0.4, -0.2) is 4.98 Å². The van der Waals surface area contributed by atoms with Crippen LogP contribution in [0.2, 0.25) is 5.02 Å². The molecule has 0 aliphatic heterocycles. The molecule has 1 aromatic heterocycles. The first-order valence-corrected chi connectivity index (χ1v) is 5.47. The van der Waals surface area contributed by atoms with Crippen LogP contribution in [0.15, 0.2) is 16.7 Å². The number of nitrogen functional groups attached to an aromatic ring is 2. The maximum absolute atomic E-state index is 6.18. The van der Waals surface area contributed by atoms with Crippen LogP contribution in [0.5, 0.6) is 0 Å². The number of halogens is 2. The number of hydrogen-bond acceptors (Lipinski definition) is 3. The quantitative estimate of drug-likeness (QED) is 0.782. The van der Waals surface area contributed by atoms with Gasteiger partial charge in [0.2, 0.25) is 0 Å². The summed E-state index contributed by atoms with van der Waals surface area (Å²) in [6.07, 6.45) is 1.54. The number of hydrogen-bond donors (Lipinski definition) is 2. The van der Waals surface area contributed by atoms with Crippen molar-refractivity contribution in [2.24, 2.45) is 0 Å². The number of pyridine rings is 1. The van der Waals surface area contributed by atoms with Crippen molar-refractivity contribution < 1.29 is 0 Å². The van der Waals surface area contributed by atoms with Gasteiger partial charge in [0.15, 0.2) is 0 Å². The fraction of sp³-hybridized carbons (Fsp3) is 0.100. The van der Waals surface area contributed by atoms with Gasteiger partial charge < -0.3 is 11.5 Å². The first-order valence-electron chi connectivity index (χ1n) is 4.30. The van der Waals surface area contributed by atoms with Gasteiger partial charge in [0, 0.05) is 9.86 Å². The lowest BCUT2D eigenvalue weighted by Crippen LogP contribution is -1.98. The molecule has 0 aliphatic carbocycles. The Labute approximate surface area is 101 Å². The Morgan fingerprint density at radius 1 is 1.40 bits per heavy atom. The summed E-state index contributed by atoms with van der Waals surface area (Å²) in [5.74, 6) is 0. The Morgan fingerprint density at radius 2 is 2.07 bits per heavy atom. The van der Waals surface area contributed by atoms with Crippen LogP contribution in [0.25, 0.3) is 10.9 Å². The summed E-state index contributed by atoms with van der Waals surface area (Å²) < 4.78 is 0.867. The zero-order valence-electron chi connectivity index (χ0n) is 8.01. The molecule has 0 aliphatic rings. The molecule has 1 heterocycles. The summed E-state index contributed by atoms with van der Waals surface area (Å²) in [5.41, 5.74) is 14.2. The summed E-state index contributed by atoms with van der Waals surface area (Å²) in [4.78, 5) is 4.21. The highest BCUT2D eigenvalue weighted by molar-refractivity contribution is 9.10. The molecule has 2 rings (SSSR count). The van der Waals surface area contributed by atoms with E-state index in [2.05, 4.69) is 20.9 Å². The van der Waals surface area contributed by atoms with Gasteiger partial charge >= 0.3 is 0 Å². The average molecular weight is 287 g/mol. The Hall–Kier alpha value is -1.00. The van der Waals surface area contributed by atoms with E-state index in [9.17, 15) is 0 Å². The van der Waals surface area contributed by atoms with Crippen molar-refractivity contribution in [1.29, 1.82) is 0 Å². The van der Waals surface area contributed by atoms with Crippen LogP contribution < -0.4 is 11.5 Å². The average Bonchev–Trinajstić information content (AvgIpc) is 2.19. The van der Waals surface area contributed by atoms with Crippen LogP contribution in [-0.2, 0) is 0 Å². The maximum atomic E-state index is 6.18. The van der Waals surface area contributed by atoms with E-state index in [-0.39, 0.29) is 0 Å². The van der Waals surface area contributed by atoms with Gasteiger partial charge in [-0.15, -0.1) is 0 Å². The van der Waals surface area contributed by atoms with Crippen molar-refractivity contribution in [3.05, 3.63) is 27.3 Å². The van der Waals surface area contributed by atoms with E-state index in [1.807, 2.05) is 13.0 Å². The highest BCUT2D eigenvalue weighted by atomic mass is 79.9. The van der Waals surface area contributed by atoms with Gasteiger partial charge in [0.25, 0.3) is 0 Å². The lowest BCUT2D eigenvalue weighted by molar-refractivity contribution is 1.38. The van der Waals surface area contributed by atoms with E-state index in [0.29, 0.717) is 21.8 Å². The van der Waals surface area contributed by atoms with Gasteiger partial charge in [-0.3, -0.25) is 4.98 Å². The molecule has 4 N–H and O–H groups in total. The maximum Gasteiger partial charge on any atom is 0.0881 e. The minimum absolute atomic E-state index is 0.446. The molecular formula is C10H9BrClN3. The van der Waals surface area contributed by atoms with Crippen molar-refractivity contribution in [3.63, 3.8) is 0 Å². The highest BCUT2D eigenvalue weighted by Gasteiger charge is 2.12. The van der Waals surface area contributed by atoms with Crippen molar-refractivity contribution in [1.82, 2.24) is 4.98 Å². The molecule has 0 unspecified atom stereocenters. The van der Waals surface area contributed by atoms with Crippen molar-refractivity contribution in [3.8, 4) is 0 Å². The third-order valence-electron chi connectivity index (χ3n) is 2.29. The Morgan fingerprint density at radius 3 is 2.73 bits per heavy atom. The van der Waals surface area contributed by atoms with Crippen molar-refractivity contribution in [2.45, 2.75) is 6.92 Å². The molecule has 2 aromatic rings. The largest absolute Gasteiger partial charge is 0.396 e. The van der Waals surface area contributed by atoms with E-state index in [4.69, 9.17) is 23.1 Å². The van der Waals surface area contributed by atoms with E-state index in [0.717, 1.165) is 15.6 Å². The third-order valence-corrected chi connectivity index (χ3v) is 3.38. The smallest absolute Gasteiger partial charge is 0.0881 e. The standard InChI is InChI=1S/C10H9BrClN3/c1-4-2-5(11)10-7(8(4)12)9(14)6(13)3-15-10/h2-3H,13H2,1H3,(H2,14,15). The van der Waals surface area contributed by atoms with Gasteiger partial charge in [0.05, 0.1) is 28.1 Å². The van der Waals surface area contributed by atoms with E-state index < -0.39 is 0 Å². The van der Waals surface area contributed by atoms with Gasteiger partial charge in [-0.2, -0.15) is 0 Å². The fourth-order valence-corrected chi connectivity index (χ4v) is 2.35. The number of anilines is 2. The van der Waals surface area contributed by atoms with Crippen LogP contribution in [0.3, 0.4) is 0 Å². The SMILES string of the molecule is Cc1cc(Br)c2ncc(N)c(N)c2c1Cl. The molecule has 0 saturated heterocycles. The second kappa shape index (κ2) is 3.54. The fourth-order valence-electron chi connectivity index (χ4n) is 1.46. The van der Waals surface area contributed by atoms with Gasteiger partial charge in [-0.1, -0.05) is 11.6 Å². The molecule has 0 radical (unpaired) electrons. The number of benzene rings is 1. The third kappa shape index (κ3) is 1.54. The van der Waals surface area contributed by atoms with Crippen LogP contribution in [0, 0.1) is 6.92 Å². The number of aryl methyl sites for hydroxylation is 1. The van der Waals surface area contributed by atoms with E-state index >= 15 is 0 Å². The van der Waals surface area contributed by atoms with Gasteiger partial charge in [0.1, 0.15) is 0 Å². The number of nitrogens with zero attached hydrogens (tertiary/aromatic N) is 1. The molecule has 0 saturated carbocycles. The summed E-state index contributed by atoms with van der Waals surface area (Å²) in [5, 5.41) is 1.31. The van der Waals surface area contributed by atoms with E-state index in [1.165, 1.54) is 6.20 Å². The zero-order chi connectivity index (χ0) is 11.2. The Bertz CT molecular complexity index is 546. The normalized spacial score (nSPS) is 10.9. The molecule has 15 heavy (non-hydrogen) atoms. The lowest BCUT2D eigenvalue weighted by atomic mass is 10.1. The summed E-state index contributed by atoms with van der Waals surface area (Å²) in [6.45, 7) is 1.91. The monoisotopic (exact) mass is 285 g/mol. The molecule has 3 nitrogen and oxygen atoms in total. The summed E-state index contributed by atoms with van der Waals surface area (Å²) in [7, 11) is 0. The highest BCUT2D eigenvalue weighted by Crippen LogP contribution is 2.37. The van der Waals surface area contributed by atoms with Crippen LogP contribution >= 0.6 is 27.5 Å². The molecular weight excluding hydrogens is 277 g/mol. The first-order chi connectivity index (χ1) is 7.02. The second-order valence-corrected chi connectivity index (χ2v) is 4.57. The molecule has 1 aromatic carbocycles. The lowest BCUT2D eigenvalue weighted by Gasteiger charge is -2.09. The topological polar surface area (TPSA) is 64.9 Å². The predicted octanol–water partition coefficient (Wildman–Crippen LogP) is 3.12. The van der Waals surface area contributed by atoms with Crippen LogP contribution in [0.4, 0.5) is 11.4 Å². The number of aromatic nitrogens is 1. The summed E-state index contributed by atoms with van der Waals surface area (Å²) >= 11 is 9.60. The zero-order valence-corrected chi connectivity index (χ0v) is 10.4. The minimum atomic E-state index is 0.446. The molecule has 0 bridgehead atoms. The Balaban J connectivity index is 3.04. The predicted molar refractivity (Wildman–Crippen MR) is 68.0 cm³/mol. The number of rotatable bonds is 0. The minimum Gasteiger partial charge on any atom is -0.396 e. The molecule has 0 spiro atoms. The second-order valence-electron chi connectivity index (χ2n) is 3.34. The number of fused-ring (bicyclic) bond motifs is 1. The van der Waals surface area contributed by atoms with Crippen LogP contribution in [0.1, 0.15) is 5.56 Å². The summed E-state index contributed by atoms with van der Waals surface area (Å²) in [6, 6.07) is 1.91. The van der Waals surface area contributed by atoms with Crippen molar-refractivity contribution >= 4 is 49.8 Å². The molecule has 0 atom stereocenters. The Kier molecular flexibility index (Phi) is 2.48. The van der Waals surface area contributed by atoms with E-state index in [1.54, 1.807) is 0 Å². The van der Waals surface area contributed by atoms with Gasteiger partial charge in [-0.05, 0) is 34.5 Å². The first kappa shape index (κ1) is 10.5. The van der Waals surface area contributed by atoms with Gasteiger partial charge in [-0.25, -0.2) is 0 Å².